The first-order valence-corrected chi connectivity index (χ1v) is 9.06. The van der Waals surface area contributed by atoms with Gasteiger partial charge in [-0.25, -0.2) is 0 Å². The van der Waals surface area contributed by atoms with E-state index >= 15 is 0 Å². The van der Waals surface area contributed by atoms with Gasteiger partial charge in [0.15, 0.2) is 17.3 Å². The van der Waals surface area contributed by atoms with E-state index in [0.29, 0.717) is 11.5 Å². The lowest BCUT2D eigenvalue weighted by Crippen LogP contribution is -1.93. The number of methoxy groups -OCH3 is 2. The standard InChI is InChI=1S/C15H16N4O2S2/c1-20-11-6-4-10(8-12(11)21-2)5-7-14-18-19-13(9-22-3)16-17-15(19)23-14/h4-8H,9H2,1-3H3. The molecule has 0 fully saturated rings. The van der Waals surface area contributed by atoms with Crippen LogP contribution in [0.2, 0.25) is 0 Å². The Kier molecular flexibility index (Phi) is 4.82. The molecule has 0 atom stereocenters. The highest BCUT2D eigenvalue weighted by Crippen LogP contribution is 2.28. The summed E-state index contributed by atoms with van der Waals surface area (Å²) in [5.74, 6) is 3.08. The molecule has 23 heavy (non-hydrogen) atoms. The molecule has 0 amide bonds. The van der Waals surface area contributed by atoms with Gasteiger partial charge in [0.05, 0.1) is 20.0 Å². The summed E-state index contributed by atoms with van der Waals surface area (Å²) in [5, 5.41) is 13.7. The number of rotatable bonds is 6. The van der Waals surface area contributed by atoms with Crippen LogP contribution in [0.15, 0.2) is 18.2 Å². The second-order valence-electron chi connectivity index (χ2n) is 4.63. The van der Waals surface area contributed by atoms with E-state index < -0.39 is 0 Å². The molecule has 0 bridgehead atoms. The molecular weight excluding hydrogens is 332 g/mol. The van der Waals surface area contributed by atoms with Gasteiger partial charge >= 0.3 is 0 Å². The van der Waals surface area contributed by atoms with Gasteiger partial charge in [0.1, 0.15) is 5.01 Å². The van der Waals surface area contributed by atoms with Gasteiger partial charge in [-0.3, -0.25) is 0 Å². The fourth-order valence-corrected chi connectivity index (χ4v) is 3.28. The summed E-state index contributed by atoms with van der Waals surface area (Å²) in [6.07, 6.45) is 5.98. The van der Waals surface area contributed by atoms with Crippen LogP contribution in [0.25, 0.3) is 17.1 Å². The fraction of sp³-hybridized carbons (Fsp3) is 0.267. The molecular formula is C15H16N4O2S2. The van der Waals surface area contributed by atoms with E-state index in [0.717, 1.165) is 27.1 Å². The third-order valence-corrected chi connectivity index (χ3v) is 4.58. The lowest BCUT2D eigenvalue weighted by Gasteiger charge is -2.07. The SMILES string of the molecule is COc1ccc(C=Cc2nn3c(CSC)nnc3s2)cc1OC. The Morgan fingerprint density at radius 3 is 2.74 bits per heavy atom. The molecule has 1 aromatic carbocycles. The van der Waals surface area contributed by atoms with E-state index in [9.17, 15) is 0 Å². The molecule has 0 unspecified atom stereocenters. The molecule has 0 aliphatic carbocycles. The maximum absolute atomic E-state index is 5.31. The van der Waals surface area contributed by atoms with E-state index in [-0.39, 0.29) is 0 Å². The highest BCUT2D eigenvalue weighted by Gasteiger charge is 2.09. The number of hydrogen-bond donors (Lipinski definition) is 0. The Balaban J connectivity index is 1.85. The molecule has 0 spiro atoms. The van der Waals surface area contributed by atoms with Crippen molar-refractivity contribution >= 4 is 40.2 Å². The van der Waals surface area contributed by atoms with Crippen molar-refractivity contribution in [2.75, 3.05) is 20.5 Å². The van der Waals surface area contributed by atoms with Crippen LogP contribution in [0.3, 0.4) is 0 Å². The van der Waals surface area contributed by atoms with Crippen molar-refractivity contribution in [2.45, 2.75) is 5.75 Å². The molecule has 0 aliphatic rings. The second kappa shape index (κ2) is 7.01. The molecule has 3 aromatic rings. The van der Waals surface area contributed by atoms with Crippen molar-refractivity contribution in [1.82, 2.24) is 19.8 Å². The predicted octanol–water partition coefficient (Wildman–Crippen LogP) is 3.24. The molecule has 2 heterocycles. The average molecular weight is 348 g/mol. The minimum atomic E-state index is 0.704. The van der Waals surface area contributed by atoms with Gasteiger partial charge in [0.25, 0.3) is 0 Å². The van der Waals surface area contributed by atoms with Crippen LogP contribution in [0.1, 0.15) is 16.4 Å². The van der Waals surface area contributed by atoms with Gasteiger partial charge in [-0.2, -0.15) is 21.4 Å². The second-order valence-corrected chi connectivity index (χ2v) is 6.49. The molecule has 6 nitrogen and oxygen atoms in total. The number of fused-ring (bicyclic) bond motifs is 1. The molecule has 0 saturated carbocycles. The van der Waals surface area contributed by atoms with Crippen LogP contribution in [-0.2, 0) is 5.75 Å². The first kappa shape index (κ1) is 15.8. The van der Waals surface area contributed by atoms with Crippen molar-refractivity contribution < 1.29 is 9.47 Å². The summed E-state index contributed by atoms with van der Waals surface area (Å²) in [6.45, 7) is 0. The van der Waals surface area contributed by atoms with Crippen LogP contribution >= 0.6 is 23.1 Å². The fourth-order valence-electron chi connectivity index (χ4n) is 2.08. The van der Waals surface area contributed by atoms with Crippen molar-refractivity contribution in [3.8, 4) is 11.5 Å². The van der Waals surface area contributed by atoms with E-state index in [1.54, 1.807) is 30.5 Å². The van der Waals surface area contributed by atoms with E-state index in [2.05, 4.69) is 15.3 Å². The lowest BCUT2D eigenvalue weighted by atomic mass is 10.2. The van der Waals surface area contributed by atoms with E-state index in [1.165, 1.54) is 11.3 Å². The zero-order valence-electron chi connectivity index (χ0n) is 13.0. The smallest absolute Gasteiger partial charge is 0.234 e. The van der Waals surface area contributed by atoms with Crippen molar-refractivity contribution in [3.63, 3.8) is 0 Å². The number of benzene rings is 1. The van der Waals surface area contributed by atoms with Crippen molar-refractivity contribution in [1.29, 1.82) is 0 Å². The molecule has 0 radical (unpaired) electrons. The monoisotopic (exact) mass is 348 g/mol. The Morgan fingerprint density at radius 2 is 2.00 bits per heavy atom. The number of nitrogens with zero attached hydrogens (tertiary/aromatic N) is 4. The quantitative estimate of drug-likeness (QED) is 0.681. The maximum Gasteiger partial charge on any atom is 0.234 e. The van der Waals surface area contributed by atoms with Crippen LogP contribution in [0.4, 0.5) is 0 Å². The zero-order valence-corrected chi connectivity index (χ0v) is 14.6. The highest BCUT2D eigenvalue weighted by molar-refractivity contribution is 7.97. The first-order valence-electron chi connectivity index (χ1n) is 6.85. The highest BCUT2D eigenvalue weighted by atomic mass is 32.2. The molecule has 120 valence electrons. The van der Waals surface area contributed by atoms with Crippen LogP contribution < -0.4 is 9.47 Å². The largest absolute Gasteiger partial charge is 0.493 e. The number of ether oxygens (including phenoxy) is 2. The van der Waals surface area contributed by atoms with Gasteiger partial charge < -0.3 is 9.47 Å². The minimum Gasteiger partial charge on any atom is -0.493 e. The Hall–Kier alpha value is -2.06. The average Bonchev–Trinajstić information content (AvgIpc) is 3.14. The van der Waals surface area contributed by atoms with Gasteiger partial charge in [-0.1, -0.05) is 23.5 Å². The summed E-state index contributed by atoms with van der Waals surface area (Å²) in [5.41, 5.74) is 1.01. The summed E-state index contributed by atoms with van der Waals surface area (Å²) < 4.78 is 12.4. The van der Waals surface area contributed by atoms with Crippen LogP contribution in [0.5, 0.6) is 11.5 Å². The minimum absolute atomic E-state index is 0.704. The topological polar surface area (TPSA) is 61.5 Å². The maximum atomic E-state index is 5.31. The third-order valence-electron chi connectivity index (χ3n) is 3.17. The first-order chi connectivity index (χ1) is 11.2. The summed E-state index contributed by atoms with van der Waals surface area (Å²) in [7, 11) is 3.25. The number of thioether (sulfide) groups is 1. The number of aromatic nitrogens is 4. The number of hydrogen-bond acceptors (Lipinski definition) is 7. The summed E-state index contributed by atoms with van der Waals surface area (Å²) in [6, 6.07) is 5.78. The van der Waals surface area contributed by atoms with Gasteiger partial charge in [-0.15, -0.1) is 10.2 Å². The molecule has 0 N–H and O–H groups in total. The predicted molar refractivity (Wildman–Crippen MR) is 94.4 cm³/mol. The molecule has 0 saturated heterocycles. The molecule has 8 heteroatoms. The Bertz CT molecular complexity index is 841. The molecule has 0 aliphatic heterocycles. The van der Waals surface area contributed by atoms with Crippen molar-refractivity contribution in [3.05, 3.63) is 34.6 Å². The van der Waals surface area contributed by atoms with Crippen LogP contribution in [0, 0.1) is 0 Å². The third kappa shape index (κ3) is 3.32. The van der Waals surface area contributed by atoms with Crippen molar-refractivity contribution in [2.24, 2.45) is 0 Å². The summed E-state index contributed by atoms with van der Waals surface area (Å²) >= 11 is 3.21. The Morgan fingerprint density at radius 1 is 1.17 bits per heavy atom. The van der Waals surface area contributed by atoms with Gasteiger partial charge in [0.2, 0.25) is 4.96 Å². The normalized spacial score (nSPS) is 11.4. The van der Waals surface area contributed by atoms with E-state index in [1.807, 2.05) is 36.6 Å². The molecule has 2 aromatic heterocycles. The van der Waals surface area contributed by atoms with Gasteiger partial charge in [0, 0.05) is 0 Å². The summed E-state index contributed by atoms with van der Waals surface area (Å²) in [4.78, 5) is 0.806. The zero-order chi connectivity index (χ0) is 16.2. The molecule has 3 rings (SSSR count). The lowest BCUT2D eigenvalue weighted by molar-refractivity contribution is 0.355. The Labute approximate surface area is 142 Å². The van der Waals surface area contributed by atoms with E-state index in [4.69, 9.17) is 9.47 Å². The van der Waals surface area contributed by atoms with Crippen LogP contribution in [-0.4, -0.2) is 40.3 Å². The van der Waals surface area contributed by atoms with Gasteiger partial charge in [-0.05, 0) is 30.0 Å².